The molecule has 2 aromatic heterocycles. The molecule has 0 spiro atoms. The van der Waals surface area contributed by atoms with Gasteiger partial charge in [-0.1, -0.05) is 31.2 Å². The molecule has 4 heterocycles. The number of hydrogen-bond acceptors (Lipinski definition) is 5. The smallest absolute Gasteiger partial charge is 0.136 e. The number of piperidine rings is 2. The van der Waals surface area contributed by atoms with Gasteiger partial charge in [-0.2, -0.15) is 0 Å². The Morgan fingerprint density at radius 2 is 1.85 bits per heavy atom. The predicted molar refractivity (Wildman–Crippen MR) is 157 cm³/mol. The summed E-state index contributed by atoms with van der Waals surface area (Å²) in [6.45, 7) is 11.0. The van der Waals surface area contributed by atoms with Gasteiger partial charge in [0, 0.05) is 73.0 Å². The van der Waals surface area contributed by atoms with Crippen LogP contribution in [0.25, 0.3) is 11.3 Å². The number of aromatic nitrogens is 3. The van der Waals surface area contributed by atoms with Crippen LogP contribution in [0.2, 0.25) is 0 Å². The number of H-pyrrole nitrogens is 1. The molecular weight excluding hydrogens is 487 g/mol. The summed E-state index contributed by atoms with van der Waals surface area (Å²) in [7, 11) is 0. The van der Waals surface area contributed by atoms with Gasteiger partial charge in [0.15, 0.2) is 0 Å². The first kappa shape index (κ1) is 27.1. The Labute approximate surface area is 231 Å². The Bertz CT molecular complexity index is 1300. The molecule has 0 amide bonds. The molecule has 6 nitrogen and oxygen atoms in total. The second-order valence-corrected chi connectivity index (χ2v) is 10.9. The second kappa shape index (κ2) is 12.6. The molecule has 1 aliphatic carbocycles. The van der Waals surface area contributed by atoms with E-state index in [1.807, 2.05) is 19.2 Å². The molecule has 0 bridgehead atoms. The van der Waals surface area contributed by atoms with Gasteiger partial charge in [0.2, 0.25) is 0 Å². The number of likely N-dealkylation sites (tertiary alicyclic amines) is 2. The van der Waals surface area contributed by atoms with Gasteiger partial charge in [-0.25, -0.2) is 9.37 Å². The zero-order valence-corrected chi connectivity index (χ0v) is 23.2. The third kappa shape index (κ3) is 6.41. The highest BCUT2D eigenvalue weighted by Gasteiger charge is 2.23. The summed E-state index contributed by atoms with van der Waals surface area (Å²) in [5, 5.41) is 0. The predicted octanol–water partition coefficient (Wildman–Crippen LogP) is 6.07. The normalized spacial score (nSPS) is 19.3. The lowest BCUT2D eigenvalue weighted by Gasteiger charge is -2.30. The van der Waals surface area contributed by atoms with Crippen molar-refractivity contribution in [2.75, 3.05) is 26.2 Å². The summed E-state index contributed by atoms with van der Waals surface area (Å²) in [6.07, 6.45) is 20.1. The number of allylic oxidation sites excluding steroid dienone is 7. The quantitative estimate of drug-likeness (QED) is 0.407. The van der Waals surface area contributed by atoms with E-state index in [2.05, 4.69) is 44.6 Å². The first-order valence-electron chi connectivity index (χ1n) is 14.4. The van der Waals surface area contributed by atoms with Crippen LogP contribution < -0.4 is 5.73 Å². The number of nitrogens with two attached hydrogens (primary N) is 1. The molecule has 2 aromatic rings. The van der Waals surface area contributed by atoms with E-state index in [0.29, 0.717) is 28.2 Å². The van der Waals surface area contributed by atoms with Gasteiger partial charge in [0.05, 0.1) is 5.70 Å². The summed E-state index contributed by atoms with van der Waals surface area (Å²) < 4.78 is 16.1. The molecule has 0 unspecified atom stereocenters. The summed E-state index contributed by atoms with van der Waals surface area (Å²) in [5.41, 5.74) is 12.4. The topological polar surface area (TPSA) is 74.1 Å². The van der Waals surface area contributed by atoms with E-state index in [1.54, 1.807) is 12.3 Å². The van der Waals surface area contributed by atoms with Gasteiger partial charge in [0.1, 0.15) is 17.3 Å². The zero-order valence-electron chi connectivity index (χ0n) is 23.2. The molecule has 2 fully saturated rings. The Hall–Kier alpha value is -3.45. The van der Waals surface area contributed by atoms with E-state index < -0.39 is 5.83 Å². The second-order valence-electron chi connectivity index (χ2n) is 10.9. The maximum absolute atomic E-state index is 16.1. The van der Waals surface area contributed by atoms with Crippen molar-refractivity contribution in [3.05, 3.63) is 94.8 Å². The maximum Gasteiger partial charge on any atom is 0.136 e. The molecule has 5 rings (SSSR count). The fraction of sp³-hybridized carbons (Fsp3) is 0.438. The Morgan fingerprint density at radius 3 is 2.59 bits per heavy atom. The van der Waals surface area contributed by atoms with Crippen molar-refractivity contribution >= 4 is 11.3 Å². The molecule has 3 N–H and O–H groups in total. The highest BCUT2D eigenvalue weighted by Crippen LogP contribution is 2.31. The average Bonchev–Trinajstić information content (AvgIpc) is 3.27. The lowest BCUT2D eigenvalue weighted by atomic mass is 9.99. The van der Waals surface area contributed by atoms with Crippen LogP contribution in [0.3, 0.4) is 0 Å². The fourth-order valence-electron chi connectivity index (χ4n) is 5.79. The molecule has 0 saturated carbocycles. The summed E-state index contributed by atoms with van der Waals surface area (Å²) in [4.78, 5) is 17.7. The van der Waals surface area contributed by atoms with Crippen molar-refractivity contribution in [1.29, 1.82) is 0 Å². The minimum atomic E-state index is -0.416. The fourth-order valence-corrected chi connectivity index (χ4v) is 5.79. The molecule has 0 atom stereocenters. The monoisotopic (exact) mass is 528 g/mol. The molecule has 2 aliphatic heterocycles. The number of nitrogens with zero attached hydrogens (tertiary/aromatic N) is 4. The van der Waals surface area contributed by atoms with Gasteiger partial charge in [0.25, 0.3) is 0 Å². The van der Waals surface area contributed by atoms with Gasteiger partial charge in [-0.3, -0.25) is 9.88 Å². The number of nitrogens with one attached hydrogen (secondary N) is 1. The standard InChI is InChI=1S/C32H41FN6/c1-3-27(34)26(31(33)23(2)25-18-24(20-35-21-25)22-38-14-8-4-9-15-38)19-30-36-28-12-6-7-13-29(32(28)37-30)39-16-10-5-11-17-39/h3,6-7,13,18,20-21H,2,4-5,8-12,14-17,19,22,34H2,1H3,(H,36,37)/b27-3+,31-26+. The Balaban J connectivity index is 1.40. The highest BCUT2D eigenvalue weighted by atomic mass is 19.1. The summed E-state index contributed by atoms with van der Waals surface area (Å²) in [6, 6.07) is 2.00. The molecule has 0 aromatic carbocycles. The van der Waals surface area contributed by atoms with Crippen molar-refractivity contribution in [1.82, 2.24) is 24.8 Å². The number of halogens is 1. The van der Waals surface area contributed by atoms with E-state index in [-0.39, 0.29) is 6.42 Å². The van der Waals surface area contributed by atoms with Crippen LogP contribution in [0.4, 0.5) is 4.39 Å². The van der Waals surface area contributed by atoms with Crippen molar-refractivity contribution < 1.29 is 4.39 Å². The average molecular weight is 529 g/mol. The lowest BCUT2D eigenvalue weighted by molar-refractivity contribution is 0.220. The van der Waals surface area contributed by atoms with E-state index >= 15 is 4.39 Å². The van der Waals surface area contributed by atoms with E-state index in [9.17, 15) is 0 Å². The number of pyridine rings is 1. The minimum absolute atomic E-state index is 0.256. The Morgan fingerprint density at radius 1 is 1.10 bits per heavy atom. The van der Waals surface area contributed by atoms with Crippen LogP contribution in [0, 0.1) is 0 Å². The van der Waals surface area contributed by atoms with Crippen molar-refractivity contribution in [2.24, 2.45) is 5.73 Å². The minimum Gasteiger partial charge on any atom is -0.399 e. The van der Waals surface area contributed by atoms with Crippen molar-refractivity contribution in [3.8, 4) is 0 Å². The van der Waals surface area contributed by atoms with Crippen LogP contribution in [-0.2, 0) is 19.4 Å². The Kier molecular flexibility index (Phi) is 8.77. The molecule has 3 aliphatic rings. The van der Waals surface area contributed by atoms with Gasteiger partial charge < -0.3 is 15.6 Å². The first-order valence-corrected chi connectivity index (χ1v) is 14.4. The maximum atomic E-state index is 16.1. The van der Waals surface area contributed by atoms with E-state index in [1.165, 1.54) is 38.5 Å². The van der Waals surface area contributed by atoms with Gasteiger partial charge in [-0.15, -0.1) is 0 Å². The van der Waals surface area contributed by atoms with E-state index in [0.717, 1.165) is 61.8 Å². The third-order valence-electron chi connectivity index (χ3n) is 8.01. The largest absolute Gasteiger partial charge is 0.399 e. The van der Waals surface area contributed by atoms with Crippen LogP contribution >= 0.6 is 0 Å². The van der Waals surface area contributed by atoms with Gasteiger partial charge in [-0.05, 0) is 69.8 Å². The zero-order chi connectivity index (χ0) is 27.2. The van der Waals surface area contributed by atoms with Crippen molar-refractivity contribution in [2.45, 2.75) is 64.8 Å². The lowest BCUT2D eigenvalue weighted by Crippen LogP contribution is -2.29. The summed E-state index contributed by atoms with van der Waals surface area (Å²) in [5.74, 6) is 0.291. The molecular formula is C32H41FN6. The van der Waals surface area contributed by atoms with E-state index in [4.69, 9.17) is 10.7 Å². The first-order chi connectivity index (χ1) is 19.0. The molecule has 7 heteroatoms. The number of hydrogen-bond donors (Lipinski definition) is 2. The molecule has 2 saturated heterocycles. The van der Waals surface area contributed by atoms with Gasteiger partial charge >= 0.3 is 0 Å². The number of rotatable bonds is 8. The van der Waals surface area contributed by atoms with Crippen LogP contribution in [-0.4, -0.2) is 50.9 Å². The van der Waals surface area contributed by atoms with Crippen LogP contribution in [0.15, 0.2) is 66.4 Å². The number of aromatic amines is 1. The SMILES string of the molecule is C=C(/C(F)=C(Cc1nc2c([nH]1)CC=CC=C2N1CCCCC1)\C(N)=C/C)c1cncc(CN2CCCCC2)c1. The molecule has 206 valence electrons. The number of fused-ring (bicyclic) bond motifs is 1. The molecule has 0 radical (unpaired) electrons. The highest BCUT2D eigenvalue weighted by molar-refractivity contribution is 5.77. The van der Waals surface area contributed by atoms with Crippen LogP contribution in [0.5, 0.6) is 0 Å². The number of imidazole rings is 1. The third-order valence-corrected chi connectivity index (χ3v) is 8.01. The van der Waals surface area contributed by atoms with Crippen LogP contribution in [0.1, 0.15) is 73.8 Å². The summed E-state index contributed by atoms with van der Waals surface area (Å²) >= 11 is 0. The van der Waals surface area contributed by atoms with Crippen molar-refractivity contribution in [3.63, 3.8) is 0 Å². The molecule has 39 heavy (non-hydrogen) atoms.